The lowest BCUT2D eigenvalue weighted by molar-refractivity contribution is 0.400. The molecule has 5 N–H and O–H groups in total. The van der Waals surface area contributed by atoms with Gasteiger partial charge < -0.3 is 20.7 Å². The number of hydrogen-bond donors (Lipinski definition) is 4. The average molecular weight is 508 g/mol. The second-order valence-corrected chi connectivity index (χ2v) is 10.4. The summed E-state index contributed by atoms with van der Waals surface area (Å²) in [5.41, 5.74) is 9.35. The normalized spacial score (nSPS) is 12.5. The summed E-state index contributed by atoms with van der Waals surface area (Å²) >= 11 is 1.78. The monoisotopic (exact) mass is 507 g/mol. The molecule has 0 heterocycles. The van der Waals surface area contributed by atoms with Gasteiger partial charge in [-0.2, -0.15) is 0 Å². The molecule has 0 saturated carbocycles. The van der Waals surface area contributed by atoms with Gasteiger partial charge >= 0.3 is 0 Å². The molecule has 0 amide bonds. The summed E-state index contributed by atoms with van der Waals surface area (Å²) in [6.07, 6.45) is 0. The lowest BCUT2D eigenvalue weighted by Gasteiger charge is -2.12. The van der Waals surface area contributed by atoms with Crippen LogP contribution in [0.1, 0.15) is 37.5 Å². The van der Waals surface area contributed by atoms with E-state index in [2.05, 4.69) is 40.8 Å². The predicted octanol–water partition coefficient (Wildman–Crippen LogP) is 4.50. The molecule has 0 aliphatic rings. The molecule has 0 aromatic heterocycles. The van der Waals surface area contributed by atoms with Gasteiger partial charge in [0, 0.05) is 41.1 Å². The minimum absolute atomic E-state index is 0.0228. The highest BCUT2D eigenvalue weighted by Gasteiger charge is 2.14. The van der Waals surface area contributed by atoms with Gasteiger partial charge in [-0.3, -0.25) is 10.8 Å². The van der Waals surface area contributed by atoms with Crippen molar-refractivity contribution in [2.24, 2.45) is 15.7 Å². The summed E-state index contributed by atoms with van der Waals surface area (Å²) in [5, 5.41) is 20.3. The van der Waals surface area contributed by atoms with Crippen LogP contribution in [-0.2, 0) is 11.3 Å². The van der Waals surface area contributed by atoms with Crippen molar-refractivity contribution in [2.75, 3.05) is 27.2 Å². The fourth-order valence-corrected chi connectivity index (χ4v) is 3.94. The van der Waals surface area contributed by atoms with Crippen molar-refractivity contribution in [3.05, 3.63) is 76.8 Å². The second kappa shape index (κ2) is 14.3. The molecular weight excluding hydrogens is 470 g/mol. The molecule has 0 bridgehead atoms. The van der Waals surface area contributed by atoms with Crippen LogP contribution in [0.5, 0.6) is 0 Å². The van der Waals surface area contributed by atoms with Crippen molar-refractivity contribution in [3.63, 3.8) is 0 Å². The summed E-state index contributed by atoms with van der Waals surface area (Å²) in [5.74, 6) is -0.555. The largest absolute Gasteiger partial charge is 0.421 e. The Morgan fingerprint density at radius 1 is 1.08 bits per heavy atom. The predicted molar refractivity (Wildman–Crippen MR) is 153 cm³/mol. The zero-order valence-corrected chi connectivity index (χ0v) is 22.6. The Hall–Kier alpha value is -3.27. The Labute approximate surface area is 218 Å². The van der Waals surface area contributed by atoms with Crippen LogP contribution < -0.4 is 11.1 Å². The molecule has 9 heteroatoms. The second-order valence-electron chi connectivity index (χ2n) is 8.72. The molecular formula is C27H37N7OS. The van der Waals surface area contributed by atoms with Crippen LogP contribution in [0.3, 0.4) is 0 Å². The molecule has 8 nitrogen and oxygen atoms in total. The van der Waals surface area contributed by atoms with E-state index in [4.69, 9.17) is 21.3 Å². The lowest BCUT2D eigenvalue weighted by Crippen LogP contribution is -2.26. The zero-order chi connectivity index (χ0) is 26.7. The van der Waals surface area contributed by atoms with Crippen LogP contribution in [0.25, 0.3) is 0 Å². The summed E-state index contributed by atoms with van der Waals surface area (Å²) in [7, 11) is 4.08. The summed E-state index contributed by atoms with van der Waals surface area (Å²) in [4.78, 5) is 11.5. The Morgan fingerprint density at radius 3 is 2.25 bits per heavy atom. The molecule has 192 valence electrons. The molecule has 0 spiro atoms. The molecule has 2 aromatic rings. The third-order valence-corrected chi connectivity index (χ3v) is 6.05. The number of amidine groups is 1. The smallest absolute Gasteiger partial charge is 0.222 e. The van der Waals surface area contributed by atoms with E-state index in [1.165, 1.54) is 4.90 Å². The number of thioether (sulfide) groups is 1. The summed E-state index contributed by atoms with van der Waals surface area (Å²) in [6, 6.07) is 15.5. The first-order valence-corrected chi connectivity index (χ1v) is 12.6. The topological polar surface area (TPSA) is 123 Å². The van der Waals surface area contributed by atoms with Gasteiger partial charge in [0.2, 0.25) is 11.8 Å². The van der Waals surface area contributed by atoms with Gasteiger partial charge in [-0.05, 0) is 63.1 Å². The number of likely N-dealkylation sites (N-methyl/N-ethyl adjacent to an activating group) is 1. The van der Waals surface area contributed by atoms with Gasteiger partial charge in [0.25, 0.3) is 0 Å². The molecule has 2 aromatic carbocycles. The van der Waals surface area contributed by atoms with E-state index in [1.54, 1.807) is 23.9 Å². The average Bonchev–Trinajstić information content (AvgIpc) is 2.84. The highest BCUT2D eigenvalue weighted by Crippen LogP contribution is 2.23. The van der Waals surface area contributed by atoms with Crippen molar-refractivity contribution in [1.29, 1.82) is 10.8 Å². The molecule has 0 saturated heterocycles. The maximum atomic E-state index is 8.34. The fourth-order valence-electron chi connectivity index (χ4n) is 3.11. The Kier molecular flexibility index (Phi) is 11.5. The van der Waals surface area contributed by atoms with E-state index in [0.29, 0.717) is 16.5 Å². The summed E-state index contributed by atoms with van der Waals surface area (Å²) < 4.78 is 5.57. The lowest BCUT2D eigenvalue weighted by atomic mass is 10.1. The summed E-state index contributed by atoms with van der Waals surface area (Å²) in [6.45, 7) is 12.1. The van der Waals surface area contributed by atoms with Crippen LogP contribution in [-0.4, -0.2) is 61.5 Å². The maximum Gasteiger partial charge on any atom is 0.222 e. The zero-order valence-electron chi connectivity index (χ0n) is 21.8. The molecule has 0 unspecified atom stereocenters. The van der Waals surface area contributed by atoms with E-state index in [-0.39, 0.29) is 23.3 Å². The van der Waals surface area contributed by atoms with Gasteiger partial charge in [0.05, 0.1) is 0 Å². The first-order chi connectivity index (χ1) is 17.1. The van der Waals surface area contributed by atoms with Crippen molar-refractivity contribution in [1.82, 2.24) is 10.2 Å². The quantitative estimate of drug-likeness (QED) is 0.111. The van der Waals surface area contributed by atoms with E-state index in [0.717, 1.165) is 30.8 Å². The SMILES string of the molecule is C=NC(=N)C(N=C(C)c1ccc(SC(C)C)cc1)=C(N)OC(=N)c1ccc(CNCCN(C)C)cc1. The number of nitrogens with two attached hydrogens (primary N) is 1. The first kappa shape index (κ1) is 29.0. The van der Waals surface area contributed by atoms with Crippen LogP contribution in [0.2, 0.25) is 0 Å². The van der Waals surface area contributed by atoms with Crippen LogP contribution >= 0.6 is 11.8 Å². The maximum absolute atomic E-state index is 8.34. The van der Waals surface area contributed by atoms with Crippen molar-refractivity contribution < 1.29 is 4.74 Å². The van der Waals surface area contributed by atoms with E-state index < -0.39 is 0 Å². The van der Waals surface area contributed by atoms with Gasteiger partial charge in [-0.25, -0.2) is 9.98 Å². The first-order valence-electron chi connectivity index (χ1n) is 11.7. The highest BCUT2D eigenvalue weighted by atomic mass is 32.2. The number of benzene rings is 2. The van der Waals surface area contributed by atoms with Gasteiger partial charge in [0.1, 0.15) is 0 Å². The molecule has 0 atom stereocenters. The molecule has 0 fully saturated rings. The van der Waals surface area contributed by atoms with Crippen LogP contribution in [0.4, 0.5) is 0 Å². The number of ether oxygens (including phenoxy) is 1. The van der Waals surface area contributed by atoms with Gasteiger partial charge in [-0.15, -0.1) is 11.8 Å². The van der Waals surface area contributed by atoms with Gasteiger partial charge in [0.15, 0.2) is 11.5 Å². The van der Waals surface area contributed by atoms with Crippen molar-refractivity contribution in [2.45, 2.75) is 37.5 Å². The fraction of sp³-hybridized carbons (Fsp3) is 0.333. The number of nitrogens with zero attached hydrogens (tertiary/aromatic N) is 3. The standard InChI is InChI=1S/C27H37N7OS/c1-18(2)36-23-13-11-21(12-14-23)19(3)33-24(25(28)31-4)27(30)35-26(29)22-9-7-20(8-10-22)17-32-15-16-34(5)6/h7-14,18,28-29,32H,4,15-17,30H2,1-3,5-6H3. The van der Waals surface area contributed by atoms with Gasteiger partial charge in [-0.1, -0.05) is 38.1 Å². The number of rotatable bonds is 12. The molecule has 2 rings (SSSR count). The number of aliphatic imine (C=N–C) groups is 2. The minimum atomic E-state index is -0.231. The Balaban J connectivity index is 2.14. The van der Waals surface area contributed by atoms with E-state index >= 15 is 0 Å². The minimum Gasteiger partial charge on any atom is -0.421 e. The van der Waals surface area contributed by atoms with Crippen molar-refractivity contribution >= 4 is 35.9 Å². The third kappa shape index (κ3) is 9.41. The number of hydrogen-bond acceptors (Lipinski definition) is 8. The Bertz CT molecular complexity index is 1100. The van der Waals surface area contributed by atoms with E-state index in [9.17, 15) is 0 Å². The molecule has 0 aliphatic carbocycles. The van der Waals surface area contributed by atoms with Crippen molar-refractivity contribution in [3.8, 4) is 0 Å². The molecule has 0 radical (unpaired) electrons. The van der Waals surface area contributed by atoms with Crippen LogP contribution in [0, 0.1) is 10.8 Å². The highest BCUT2D eigenvalue weighted by molar-refractivity contribution is 7.99. The molecule has 36 heavy (non-hydrogen) atoms. The van der Waals surface area contributed by atoms with Crippen LogP contribution in [0.15, 0.2) is 75.0 Å². The molecule has 0 aliphatic heterocycles. The van der Waals surface area contributed by atoms with E-state index in [1.807, 2.05) is 57.4 Å². The number of nitrogens with one attached hydrogen (secondary N) is 3. The Morgan fingerprint density at radius 2 is 1.69 bits per heavy atom. The third-order valence-electron chi connectivity index (χ3n) is 5.03.